The standard InChI is InChI=1S/C17H25BrN2O/c1-13(2)11-20(12-16-7-4-8-19-16)17(21)10-14-5-3-6-15(18)9-14/h3,5-6,9,13,16,19H,4,7-8,10-12H2,1-2H3. The van der Waals surface area contributed by atoms with Crippen molar-refractivity contribution in [1.29, 1.82) is 0 Å². The van der Waals surface area contributed by atoms with Crippen LogP contribution in [0.3, 0.4) is 0 Å². The maximum atomic E-state index is 12.6. The van der Waals surface area contributed by atoms with Crippen LogP contribution in [0.4, 0.5) is 0 Å². The van der Waals surface area contributed by atoms with E-state index in [0.717, 1.165) is 29.7 Å². The molecular formula is C17H25BrN2O. The smallest absolute Gasteiger partial charge is 0.227 e. The molecule has 1 N–H and O–H groups in total. The molecule has 1 heterocycles. The average Bonchev–Trinajstić information content (AvgIpc) is 2.90. The zero-order valence-electron chi connectivity index (χ0n) is 12.9. The first-order valence-corrected chi connectivity index (χ1v) is 8.59. The molecular weight excluding hydrogens is 328 g/mol. The SMILES string of the molecule is CC(C)CN(CC1CCCN1)C(=O)Cc1cccc(Br)c1. The molecule has 2 rings (SSSR count). The lowest BCUT2D eigenvalue weighted by atomic mass is 10.1. The lowest BCUT2D eigenvalue weighted by Gasteiger charge is -2.27. The number of hydrogen-bond acceptors (Lipinski definition) is 2. The number of benzene rings is 1. The summed E-state index contributed by atoms with van der Waals surface area (Å²) in [5, 5.41) is 3.49. The van der Waals surface area contributed by atoms with Crippen molar-refractivity contribution in [3.05, 3.63) is 34.3 Å². The summed E-state index contributed by atoms with van der Waals surface area (Å²) in [6, 6.07) is 8.49. The van der Waals surface area contributed by atoms with Gasteiger partial charge in [-0.2, -0.15) is 0 Å². The third kappa shape index (κ3) is 5.44. The van der Waals surface area contributed by atoms with Gasteiger partial charge in [0.1, 0.15) is 0 Å². The monoisotopic (exact) mass is 352 g/mol. The van der Waals surface area contributed by atoms with Crippen molar-refractivity contribution in [2.45, 2.75) is 39.2 Å². The molecule has 0 spiro atoms. The largest absolute Gasteiger partial charge is 0.341 e. The summed E-state index contributed by atoms with van der Waals surface area (Å²) in [6.45, 7) is 7.10. The molecule has 3 nitrogen and oxygen atoms in total. The normalized spacial score (nSPS) is 18.2. The van der Waals surface area contributed by atoms with Crippen molar-refractivity contribution in [1.82, 2.24) is 10.2 Å². The fourth-order valence-electron chi connectivity index (χ4n) is 2.83. The summed E-state index contributed by atoms with van der Waals surface area (Å²) in [4.78, 5) is 14.7. The predicted molar refractivity (Wildman–Crippen MR) is 90.3 cm³/mol. The molecule has 1 saturated heterocycles. The maximum absolute atomic E-state index is 12.6. The van der Waals surface area contributed by atoms with Crippen molar-refractivity contribution >= 4 is 21.8 Å². The minimum atomic E-state index is 0.232. The number of nitrogens with zero attached hydrogens (tertiary/aromatic N) is 1. The number of nitrogens with one attached hydrogen (secondary N) is 1. The van der Waals surface area contributed by atoms with Gasteiger partial charge < -0.3 is 10.2 Å². The first-order valence-electron chi connectivity index (χ1n) is 7.80. The maximum Gasteiger partial charge on any atom is 0.227 e. The summed E-state index contributed by atoms with van der Waals surface area (Å²) in [5.41, 5.74) is 1.07. The Labute approximate surface area is 136 Å². The number of rotatable bonds is 6. The van der Waals surface area contributed by atoms with Crippen LogP contribution in [0.25, 0.3) is 0 Å². The Balaban J connectivity index is 1.98. The molecule has 1 unspecified atom stereocenters. The summed E-state index contributed by atoms with van der Waals surface area (Å²) in [5.74, 6) is 0.730. The molecule has 116 valence electrons. The van der Waals surface area contributed by atoms with Gasteiger partial charge in [-0.05, 0) is 43.0 Å². The van der Waals surface area contributed by atoms with Crippen molar-refractivity contribution in [3.8, 4) is 0 Å². The molecule has 0 aromatic heterocycles. The lowest BCUT2D eigenvalue weighted by Crippen LogP contribution is -2.43. The van der Waals surface area contributed by atoms with Crippen molar-refractivity contribution in [2.24, 2.45) is 5.92 Å². The van der Waals surface area contributed by atoms with Gasteiger partial charge in [-0.1, -0.05) is 41.9 Å². The molecule has 4 heteroatoms. The van der Waals surface area contributed by atoms with Crippen LogP contribution >= 0.6 is 15.9 Å². The second-order valence-electron chi connectivity index (χ2n) is 6.29. The van der Waals surface area contributed by atoms with E-state index in [-0.39, 0.29) is 5.91 Å². The van der Waals surface area contributed by atoms with Crippen LogP contribution in [-0.2, 0) is 11.2 Å². The quantitative estimate of drug-likeness (QED) is 0.852. The molecule has 1 atom stereocenters. The minimum absolute atomic E-state index is 0.232. The van der Waals surface area contributed by atoms with E-state index >= 15 is 0 Å². The van der Waals surface area contributed by atoms with Crippen molar-refractivity contribution in [2.75, 3.05) is 19.6 Å². The Morgan fingerprint density at radius 1 is 1.48 bits per heavy atom. The van der Waals surface area contributed by atoms with Crippen LogP contribution in [0.1, 0.15) is 32.3 Å². The number of hydrogen-bond donors (Lipinski definition) is 1. The third-order valence-electron chi connectivity index (χ3n) is 3.79. The Hall–Kier alpha value is -0.870. The summed E-state index contributed by atoms with van der Waals surface area (Å²) in [7, 11) is 0. The Bertz CT molecular complexity index is 470. The van der Waals surface area contributed by atoms with E-state index < -0.39 is 0 Å². The molecule has 0 aliphatic carbocycles. The van der Waals surface area contributed by atoms with Gasteiger partial charge in [0.15, 0.2) is 0 Å². The summed E-state index contributed by atoms with van der Waals surface area (Å²) < 4.78 is 1.03. The Morgan fingerprint density at radius 2 is 2.29 bits per heavy atom. The summed E-state index contributed by atoms with van der Waals surface area (Å²) in [6.07, 6.45) is 2.89. The number of carbonyl (C=O) groups excluding carboxylic acids is 1. The molecule has 21 heavy (non-hydrogen) atoms. The van der Waals surface area contributed by atoms with Crippen molar-refractivity contribution in [3.63, 3.8) is 0 Å². The molecule has 1 amide bonds. The van der Waals surface area contributed by atoms with Gasteiger partial charge in [-0.25, -0.2) is 0 Å². The van der Waals surface area contributed by atoms with E-state index in [1.165, 1.54) is 12.8 Å². The van der Waals surface area contributed by atoms with Gasteiger partial charge in [-0.3, -0.25) is 4.79 Å². The highest BCUT2D eigenvalue weighted by atomic mass is 79.9. The van der Waals surface area contributed by atoms with E-state index in [4.69, 9.17) is 0 Å². The number of carbonyl (C=O) groups is 1. The van der Waals surface area contributed by atoms with Gasteiger partial charge in [0, 0.05) is 23.6 Å². The molecule has 0 bridgehead atoms. The van der Waals surface area contributed by atoms with Crippen LogP contribution in [-0.4, -0.2) is 36.5 Å². The topological polar surface area (TPSA) is 32.3 Å². The van der Waals surface area contributed by atoms with E-state index in [1.807, 2.05) is 29.2 Å². The lowest BCUT2D eigenvalue weighted by molar-refractivity contribution is -0.131. The molecule has 1 aromatic carbocycles. The highest BCUT2D eigenvalue weighted by Crippen LogP contribution is 2.14. The molecule has 1 aromatic rings. The predicted octanol–water partition coefficient (Wildman–Crippen LogP) is 3.23. The fraction of sp³-hybridized carbons (Fsp3) is 0.588. The second-order valence-corrected chi connectivity index (χ2v) is 7.21. The molecule has 1 aliphatic heterocycles. The minimum Gasteiger partial charge on any atom is -0.341 e. The zero-order valence-corrected chi connectivity index (χ0v) is 14.5. The highest BCUT2D eigenvalue weighted by Gasteiger charge is 2.22. The second kappa shape index (κ2) is 7.95. The van der Waals surface area contributed by atoms with E-state index in [1.54, 1.807) is 0 Å². The third-order valence-corrected chi connectivity index (χ3v) is 4.28. The van der Waals surface area contributed by atoms with Crippen LogP contribution in [0.15, 0.2) is 28.7 Å². The fourth-order valence-corrected chi connectivity index (χ4v) is 3.28. The van der Waals surface area contributed by atoms with Crippen molar-refractivity contribution < 1.29 is 4.79 Å². The number of amides is 1. The van der Waals surface area contributed by atoms with Crippen LogP contribution in [0.5, 0.6) is 0 Å². The molecule has 1 aliphatic rings. The van der Waals surface area contributed by atoms with Gasteiger partial charge in [0.25, 0.3) is 0 Å². The molecule has 1 fully saturated rings. The van der Waals surface area contributed by atoms with E-state index in [9.17, 15) is 4.79 Å². The first kappa shape index (κ1) is 16.5. The number of halogens is 1. The van der Waals surface area contributed by atoms with E-state index in [2.05, 4.69) is 35.1 Å². The summed E-state index contributed by atoms with van der Waals surface area (Å²) >= 11 is 3.47. The highest BCUT2D eigenvalue weighted by molar-refractivity contribution is 9.10. The Morgan fingerprint density at radius 3 is 2.90 bits per heavy atom. The molecule has 0 radical (unpaired) electrons. The average molecular weight is 353 g/mol. The van der Waals surface area contributed by atoms with Crippen LogP contribution in [0.2, 0.25) is 0 Å². The van der Waals surface area contributed by atoms with Crippen LogP contribution < -0.4 is 5.32 Å². The van der Waals surface area contributed by atoms with Crippen LogP contribution in [0, 0.1) is 5.92 Å². The van der Waals surface area contributed by atoms with Gasteiger partial charge in [-0.15, -0.1) is 0 Å². The Kier molecular flexibility index (Phi) is 6.24. The van der Waals surface area contributed by atoms with Gasteiger partial charge in [0.05, 0.1) is 6.42 Å². The first-order chi connectivity index (χ1) is 10.0. The van der Waals surface area contributed by atoms with E-state index in [0.29, 0.717) is 18.4 Å². The zero-order chi connectivity index (χ0) is 15.2. The van der Waals surface area contributed by atoms with Gasteiger partial charge >= 0.3 is 0 Å². The molecule has 0 saturated carbocycles. The van der Waals surface area contributed by atoms with Gasteiger partial charge in [0.2, 0.25) is 5.91 Å².